The van der Waals surface area contributed by atoms with Gasteiger partial charge >= 0.3 is 0 Å². The number of piperazine rings is 1. The highest BCUT2D eigenvalue weighted by Crippen LogP contribution is 2.03. The van der Waals surface area contributed by atoms with Crippen LogP contribution >= 0.6 is 0 Å². The summed E-state index contributed by atoms with van der Waals surface area (Å²) in [5.74, 6) is 0.708. The van der Waals surface area contributed by atoms with Crippen LogP contribution in [0.2, 0.25) is 0 Å². The second-order valence-electron chi connectivity index (χ2n) is 5.35. The van der Waals surface area contributed by atoms with Gasteiger partial charge in [0.05, 0.1) is 6.54 Å². The molecule has 0 aromatic heterocycles. The molecular weight excluding hydrogens is 228 g/mol. The average molecular weight is 256 g/mol. The zero-order valence-corrected chi connectivity index (χ0v) is 12.1. The summed E-state index contributed by atoms with van der Waals surface area (Å²) >= 11 is 0. The quantitative estimate of drug-likeness (QED) is 0.707. The Morgan fingerprint density at radius 3 is 2.44 bits per heavy atom. The van der Waals surface area contributed by atoms with Crippen LogP contribution in [-0.4, -0.2) is 80.0 Å². The van der Waals surface area contributed by atoms with Crippen molar-refractivity contribution in [2.24, 2.45) is 11.7 Å². The predicted molar refractivity (Wildman–Crippen MR) is 74.4 cm³/mol. The largest absolute Gasteiger partial charge is 0.339 e. The standard InChI is InChI=1S/C13H28N4O/c1-4-16(10-12(2)9-14)11-13(18)17-7-5-15(3)6-8-17/h12H,4-11,14H2,1-3H3. The van der Waals surface area contributed by atoms with Crippen LogP contribution < -0.4 is 5.73 Å². The molecule has 1 aliphatic heterocycles. The van der Waals surface area contributed by atoms with Crippen molar-refractivity contribution in [1.82, 2.24) is 14.7 Å². The molecule has 0 aliphatic carbocycles. The van der Waals surface area contributed by atoms with E-state index in [2.05, 4.69) is 30.7 Å². The molecule has 1 aliphatic rings. The third-order valence-corrected chi connectivity index (χ3v) is 3.63. The molecule has 0 aromatic carbocycles. The van der Waals surface area contributed by atoms with Crippen molar-refractivity contribution in [3.63, 3.8) is 0 Å². The van der Waals surface area contributed by atoms with Crippen LogP contribution in [0.25, 0.3) is 0 Å². The van der Waals surface area contributed by atoms with Crippen molar-refractivity contribution < 1.29 is 4.79 Å². The molecule has 1 amide bonds. The SMILES string of the molecule is CCN(CC(=O)N1CCN(C)CC1)CC(C)CN. The maximum Gasteiger partial charge on any atom is 0.236 e. The van der Waals surface area contributed by atoms with Gasteiger partial charge in [-0.15, -0.1) is 0 Å². The summed E-state index contributed by atoms with van der Waals surface area (Å²) in [7, 11) is 2.10. The molecule has 0 radical (unpaired) electrons. The number of amides is 1. The van der Waals surface area contributed by atoms with E-state index in [-0.39, 0.29) is 5.91 Å². The Hall–Kier alpha value is -0.650. The van der Waals surface area contributed by atoms with E-state index in [4.69, 9.17) is 5.73 Å². The fourth-order valence-electron chi connectivity index (χ4n) is 2.17. The average Bonchev–Trinajstić information content (AvgIpc) is 2.38. The van der Waals surface area contributed by atoms with Crippen LogP contribution in [0.5, 0.6) is 0 Å². The van der Waals surface area contributed by atoms with E-state index in [1.165, 1.54) is 0 Å². The minimum atomic E-state index is 0.258. The van der Waals surface area contributed by atoms with Crippen LogP contribution in [0, 0.1) is 5.92 Å². The summed E-state index contributed by atoms with van der Waals surface area (Å²) in [4.78, 5) is 18.6. The number of nitrogens with zero attached hydrogens (tertiary/aromatic N) is 3. The lowest BCUT2D eigenvalue weighted by molar-refractivity contribution is -0.134. The summed E-state index contributed by atoms with van der Waals surface area (Å²) in [6.45, 7) is 10.9. The zero-order chi connectivity index (χ0) is 13.5. The molecule has 0 bridgehead atoms. The molecule has 5 heteroatoms. The highest BCUT2D eigenvalue weighted by Gasteiger charge is 2.21. The van der Waals surface area contributed by atoms with Crippen LogP contribution in [0.3, 0.4) is 0 Å². The molecule has 2 N–H and O–H groups in total. The highest BCUT2D eigenvalue weighted by molar-refractivity contribution is 5.78. The molecule has 1 unspecified atom stereocenters. The normalized spacial score (nSPS) is 19.3. The van der Waals surface area contributed by atoms with Gasteiger partial charge in [0.25, 0.3) is 0 Å². The van der Waals surface area contributed by atoms with Gasteiger partial charge in [-0.3, -0.25) is 9.69 Å². The Labute approximate surface area is 111 Å². The fraction of sp³-hybridized carbons (Fsp3) is 0.923. The molecular formula is C13H28N4O. The molecule has 1 saturated heterocycles. The second kappa shape index (κ2) is 7.71. The maximum absolute atomic E-state index is 12.2. The van der Waals surface area contributed by atoms with Crippen molar-refractivity contribution in [2.45, 2.75) is 13.8 Å². The Morgan fingerprint density at radius 1 is 1.33 bits per heavy atom. The van der Waals surface area contributed by atoms with Gasteiger partial charge in [0.2, 0.25) is 5.91 Å². The lowest BCUT2D eigenvalue weighted by atomic mass is 10.1. The molecule has 1 rings (SSSR count). The Morgan fingerprint density at radius 2 is 1.94 bits per heavy atom. The first-order valence-electron chi connectivity index (χ1n) is 6.95. The minimum Gasteiger partial charge on any atom is -0.339 e. The van der Waals surface area contributed by atoms with E-state index in [1.54, 1.807) is 0 Å². The minimum absolute atomic E-state index is 0.258. The Kier molecular flexibility index (Phi) is 6.60. The third-order valence-electron chi connectivity index (χ3n) is 3.63. The van der Waals surface area contributed by atoms with Gasteiger partial charge in [0.15, 0.2) is 0 Å². The number of rotatable bonds is 6. The number of hydrogen-bond donors (Lipinski definition) is 1. The van der Waals surface area contributed by atoms with Crippen LogP contribution in [0.4, 0.5) is 0 Å². The number of carbonyl (C=O) groups is 1. The smallest absolute Gasteiger partial charge is 0.236 e. The third kappa shape index (κ3) is 4.92. The Bertz CT molecular complexity index is 251. The lowest BCUT2D eigenvalue weighted by Gasteiger charge is -2.34. The van der Waals surface area contributed by atoms with Gasteiger partial charge in [0.1, 0.15) is 0 Å². The van der Waals surface area contributed by atoms with Gasteiger partial charge < -0.3 is 15.5 Å². The molecule has 0 aromatic rings. The van der Waals surface area contributed by atoms with Gasteiger partial charge in [-0.1, -0.05) is 13.8 Å². The summed E-state index contributed by atoms with van der Waals surface area (Å²) in [5.41, 5.74) is 5.64. The molecule has 1 heterocycles. The van der Waals surface area contributed by atoms with E-state index in [1.807, 2.05) is 4.90 Å². The van der Waals surface area contributed by atoms with E-state index < -0.39 is 0 Å². The number of nitrogens with two attached hydrogens (primary N) is 1. The summed E-state index contributed by atoms with van der Waals surface area (Å²) in [5, 5.41) is 0. The van der Waals surface area contributed by atoms with Crippen molar-refractivity contribution >= 4 is 5.91 Å². The number of hydrogen-bond acceptors (Lipinski definition) is 4. The summed E-state index contributed by atoms with van der Waals surface area (Å²) in [6, 6.07) is 0. The van der Waals surface area contributed by atoms with E-state index in [9.17, 15) is 4.79 Å². The number of likely N-dealkylation sites (N-methyl/N-ethyl adjacent to an activating group) is 2. The summed E-state index contributed by atoms with van der Waals surface area (Å²) in [6.07, 6.45) is 0. The highest BCUT2D eigenvalue weighted by atomic mass is 16.2. The molecule has 1 atom stereocenters. The van der Waals surface area contributed by atoms with E-state index in [0.29, 0.717) is 19.0 Å². The first-order valence-corrected chi connectivity index (χ1v) is 6.95. The Balaban J connectivity index is 2.37. The summed E-state index contributed by atoms with van der Waals surface area (Å²) < 4.78 is 0. The van der Waals surface area contributed by atoms with Gasteiger partial charge in [-0.05, 0) is 26.1 Å². The topological polar surface area (TPSA) is 52.8 Å². The lowest BCUT2D eigenvalue weighted by Crippen LogP contribution is -2.50. The monoisotopic (exact) mass is 256 g/mol. The molecule has 0 spiro atoms. The van der Waals surface area contributed by atoms with Gasteiger partial charge in [-0.25, -0.2) is 0 Å². The first-order chi connectivity index (χ1) is 8.56. The molecule has 1 fully saturated rings. The van der Waals surface area contributed by atoms with Gasteiger partial charge in [0, 0.05) is 32.7 Å². The number of carbonyl (C=O) groups excluding carboxylic acids is 1. The van der Waals surface area contributed by atoms with Crippen LogP contribution in [-0.2, 0) is 4.79 Å². The van der Waals surface area contributed by atoms with Crippen molar-refractivity contribution in [2.75, 3.05) is 59.4 Å². The van der Waals surface area contributed by atoms with Crippen molar-refractivity contribution in [3.8, 4) is 0 Å². The van der Waals surface area contributed by atoms with E-state index in [0.717, 1.165) is 39.3 Å². The molecule has 106 valence electrons. The van der Waals surface area contributed by atoms with Crippen molar-refractivity contribution in [3.05, 3.63) is 0 Å². The fourth-order valence-corrected chi connectivity index (χ4v) is 2.17. The predicted octanol–water partition coefficient (Wildman–Crippen LogP) is -0.323. The molecule has 18 heavy (non-hydrogen) atoms. The van der Waals surface area contributed by atoms with Crippen LogP contribution in [0.1, 0.15) is 13.8 Å². The first kappa shape index (κ1) is 15.4. The second-order valence-corrected chi connectivity index (χ2v) is 5.35. The van der Waals surface area contributed by atoms with Gasteiger partial charge in [-0.2, -0.15) is 0 Å². The zero-order valence-electron chi connectivity index (χ0n) is 12.1. The maximum atomic E-state index is 12.2. The van der Waals surface area contributed by atoms with Crippen LogP contribution in [0.15, 0.2) is 0 Å². The van der Waals surface area contributed by atoms with Crippen molar-refractivity contribution in [1.29, 1.82) is 0 Å². The molecule has 5 nitrogen and oxygen atoms in total. The van der Waals surface area contributed by atoms with E-state index >= 15 is 0 Å². The molecule has 0 saturated carbocycles.